The monoisotopic (exact) mass is 495 g/mol. The van der Waals surface area contributed by atoms with Crippen molar-refractivity contribution >= 4 is 34.5 Å². The molecule has 8 heteroatoms. The van der Waals surface area contributed by atoms with Crippen LogP contribution in [0.5, 0.6) is 0 Å². The Morgan fingerprint density at radius 2 is 1.94 bits per heavy atom. The third-order valence-corrected chi connectivity index (χ3v) is 6.81. The summed E-state index contributed by atoms with van der Waals surface area (Å²) in [6, 6.07) is 15.3. The van der Waals surface area contributed by atoms with Crippen molar-refractivity contribution in [2.24, 2.45) is 0 Å². The van der Waals surface area contributed by atoms with Crippen LogP contribution in [-0.2, 0) is 22.5 Å². The Balaban J connectivity index is 1.54. The van der Waals surface area contributed by atoms with Crippen molar-refractivity contribution in [2.75, 3.05) is 37.5 Å². The Kier molecular flexibility index (Phi) is 8.15. The van der Waals surface area contributed by atoms with Crippen LogP contribution in [0.25, 0.3) is 0 Å². The number of hydrogen-bond acceptors (Lipinski definition) is 5. The second-order valence-electron chi connectivity index (χ2n) is 8.89. The second kappa shape index (κ2) is 11.5. The van der Waals surface area contributed by atoms with E-state index in [4.69, 9.17) is 4.74 Å². The lowest BCUT2D eigenvalue weighted by Gasteiger charge is -2.28. The van der Waals surface area contributed by atoms with E-state index in [1.54, 1.807) is 12.1 Å². The number of thiophene rings is 1. The standard InChI is InChI=1S/C27H30FN3O3S/c1-30(2)24-12-11-22(29-26(32)15-19-7-9-21(28)10-8-19)16-20(24)17-31(18-23-5-3-13-34-23)27(33)25-6-4-14-35-25/h4,6-12,14,16,23H,3,5,13,15,17-18H2,1-2H3,(H,29,32)/t23-/m1/s1. The maximum atomic E-state index is 13.3. The summed E-state index contributed by atoms with van der Waals surface area (Å²) < 4.78 is 19.0. The van der Waals surface area contributed by atoms with Crippen molar-refractivity contribution in [3.8, 4) is 0 Å². The van der Waals surface area contributed by atoms with Crippen LogP contribution in [0.15, 0.2) is 60.0 Å². The molecule has 1 N–H and O–H groups in total. The summed E-state index contributed by atoms with van der Waals surface area (Å²) in [6.07, 6.45) is 2.12. The Morgan fingerprint density at radius 3 is 2.60 bits per heavy atom. The maximum Gasteiger partial charge on any atom is 0.264 e. The molecule has 2 aromatic carbocycles. The van der Waals surface area contributed by atoms with Gasteiger partial charge in [-0.05, 0) is 65.7 Å². The first-order chi connectivity index (χ1) is 16.9. The Morgan fingerprint density at radius 1 is 1.14 bits per heavy atom. The highest BCUT2D eigenvalue weighted by Crippen LogP contribution is 2.27. The molecule has 2 heterocycles. The van der Waals surface area contributed by atoms with Crippen molar-refractivity contribution in [3.63, 3.8) is 0 Å². The first-order valence-electron chi connectivity index (χ1n) is 11.7. The van der Waals surface area contributed by atoms with E-state index in [0.29, 0.717) is 23.7 Å². The van der Waals surface area contributed by atoms with Crippen molar-refractivity contribution in [2.45, 2.75) is 31.9 Å². The maximum absolute atomic E-state index is 13.3. The minimum atomic E-state index is -0.331. The lowest BCUT2D eigenvalue weighted by Crippen LogP contribution is -2.37. The molecule has 0 bridgehead atoms. The fraction of sp³-hybridized carbons (Fsp3) is 0.333. The molecule has 1 fully saturated rings. The molecular weight excluding hydrogens is 465 g/mol. The van der Waals surface area contributed by atoms with Crippen molar-refractivity contribution in [1.29, 1.82) is 0 Å². The van der Waals surface area contributed by atoms with Crippen LogP contribution in [0.4, 0.5) is 15.8 Å². The predicted molar refractivity (Wildman–Crippen MR) is 138 cm³/mol. The predicted octanol–water partition coefficient (Wildman–Crippen LogP) is 4.96. The largest absolute Gasteiger partial charge is 0.377 e. The van der Waals surface area contributed by atoms with Crippen LogP contribution in [-0.4, -0.2) is 50.1 Å². The summed E-state index contributed by atoms with van der Waals surface area (Å²) in [4.78, 5) is 30.5. The fourth-order valence-electron chi connectivity index (χ4n) is 4.23. The lowest BCUT2D eigenvalue weighted by atomic mass is 10.1. The van der Waals surface area contributed by atoms with E-state index in [0.717, 1.165) is 36.3 Å². The highest BCUT2D eigenvalue weighted by atomic mass is 32.1. The zero-order valence-electron chi connectivity index (χ0n) is 20.0. The van der Waals surface area contributed by atoms with Gasteiger partial charge < -0.3 is 19.9 Å². The number of ether oxygens (including phenoxy) is 1. The van der Waals surface area contributed by atoms with Gasteiger partial charge in [-0.3, -0.25) is 9.59 Å². The number of carbonyl (C=O) groups excluding carboxylic acids is 2. The summed E-state index contributed by atoms with van der Waals surface area (Å²) in [5.74, 6) is -0.542. The fourth-order valence-corrected chi connectivity index (χ4v) is 4.92. The summed E-state index contributed by atoms with van der Waals surface area (Å²) in [6.45, 7) is 1.64. The smallest absolute Gasteiger partial charge is 0.264 e. The number of anilines is 2. The van der Waals surface area contributed by atoms with Crippen LogP contribution < -0.4 is 10.2 Å². The molecule has 1 aliphatic rings. The number of amides is 2. The molecule has 1 aromatic heterocycles. The van der Waals surface area contributed by atoms with Crippen molar-refractivity contribution in [3.05, 3.63) is 81.8 Å². The summed E-state index contributed by atoms with van der Waals surface area (Å²) in [5, 5.41) is 4.84. The molecule has 0 saturated carbocycles. The topological polar surface area (TPSA) is 61.9 Å². The highest BCUT2D eigenvalue weighted by Gasteiger charge is 2.25. The number of rotatable bonds is 9. The van der Waals surface area contributed by atoms with Gasteiger partial charge in [-0.2, -0.15) is 0 Å². The van der Waals surface area contributed by atoms with Crippen LogP contribution >= 0.6 is 11.3 Å². The van der Waals surface area contributed by atoms with E-state index in [-0.39, 0.29) is 30.2 Å². The van der Waals surface area contributed by atoms with E-state index in [1.807, 2.05) is 59.6 Å². The molecule has 0 spiro atoms. The van der Waals surface area contributed by atoms with Crippen molar-refractivity contribution in [1.82, 2.24) is 4.90 Å². The number of carbonyl (C=O) groups is 2. The quantitative estimate of drug-likeness (QED) is 0.456. The average molecular weight is 496 g/mol. The third-order valence-electron chi connectivity index (χ3n) is 5.95. The molecule has 1 saturated heterocycles. The van der Waals surface area contributed by atoms with E-state index >= 15 is 0 Å². The van der Waals surface area contributed by atoms with Crippen LogP contribution in [0, 0.1) is 5.82 Å². The number of hydrogen-bond donors (Lipinski definition) is 1. The van der Waals surface area contributed by atoms with Crippen LogP contribution in [0.2, 0.25) is 0 Å². The van der Waals surface area contributed by atoms with Gasteiger partial charge in [0.05, 0.1) is 17.4 Å². The zero-order chi connectivity index (χ0) is 24.8. The molecular formula is C27H30FN3O3S. The Hall–Kier alpha value is -3.23. The van der Waals surface area contributed by atoms with E-state index in [2.05, 4.69) is 5.32 Å². The molecule has 0 radical (unpaired) electrons. The lowest BCUT2D eigenvalue weighted by molar-refractivity contribution is -0.115. The normalized spacial score (nSPS) is 15.1. The molecule has 3 aromatic rings. The molecule has 184 valence electrons. The molecule has 0 aliphatic carbocycles. The van der Waals surface area contributed by atoms with Gasteiger partial charge in [-0.15, -0.1) is 11.3 Å². The molecule has 1 aliphatic heterocycles. The zero-order valence-corrected chi connectivity index (χ0v) is 20.8. The number of nitrogens with one attached hydrogen (secondary N) is 1. The number of nitrogens with zero attached hydrogens (tertiary/aromatic N) is 2. The molecule has 4 rings (SSSR count). The number of halogens is 1. The Bertz CT molecular complexity index is 1140. The van der Waals surface area contributed by atoms with Gasteiger partial charge in [-0.25, -0.2) is 4.39 Å². The molecule has 2 amide bonds. The SMILES string of the molecule is CN(C)c1ccc(NC(=O)Cc2ccc(F)cc2)cc1CN(C[C@H]1CCCO1)C(=O)c1cccs1. The minimum absolute atomic E-state index is 0.0223. The van der Waals surface area contributed by atoms with Crippen LogP contribution in [0.1, 0.15) is 33.6 Å². The summed E-state index contributed by atoms with van der Waals surface area (Å²) in [5.41, 5.74) is 3.28. The highest BCUT2D eigenvalue weighted by molar-refractivity contribution is 7.12. The summed E-state index contributed by atoms with van der Waals surface area (Å²) >= 11 is 1.43. The second-order valence-corrected chi connectivity index (χ2v) is 9.84. The van der Waals surface area contributed by atoms with E-state index in [9.17, 15) is 14.0 Å². The van der Waals surface area contributed by atoms with Crippen molar-refractivity contribution < 1.29 is 18.7 Å². The van der Waals surface area contributed by atoms with E-state index < -0.39 is 0 Å². The first kappa shape index (κ1) is 24.9. The summed E-state index contributed by atoms with van der Waals surface area (Å²) in [7, 11) is 3.91. The first-order valence-corrected chi connectivity index (χ1v) is 12.6. The molecule has 1 atom stereocenters. The van der Waals surface area contributed by atoms with Gasteiger partial charge in [-0.1, -0.05) is 18.2 Å². The minimum Gasteiger partial charge on any atom is -0.377 e. The van der Waals surface area contributed by atoms with Gasteiger partial charge in [0.15, 0.2) is 0 Å². The number of benzene rings is 2. The van der Waals surface area contributed by atoms with Gasteiger partial charge in [0.2, 0.25) is 5.91 Å². The van der Waals surface area contributed by atoms with Gasteiger partial charge >= 0.3 is 0 Å². The van der Waals surface area contributed by atoms with E-state index in [1.165, 1.54) is 23.5 Å². The van der Waals surface area contributed by atoms with Gasteiger partial charge in [0.1, 0.15) is 5.82 Å². The molecule has 35 heavy (non-hydrogen) atoms. The Labute approximate surface area is 209 Å². The van der Waals surface area contributed by atoms with Gasteiger partial charge in [0, 0.05) is 45.2 Å². The average Bonchev–Trinajstić information content (AvgIpc) is 3.54. The van der Waals surface area contributed by atoms with Gasteiger partial charge in [0.25, 0.3) is 5.91 Å². The molecule has 6 nitrogen and oxygen atoms in total. The third kappa shape index (κ3) is 6.68. The van der Waals surface area contributed by atoms with Crippen LogP contribution in [0.3, 0.4) is 0 Å². The molecule has 0 unspecified atom stereocenters.